The van der Waals surface area contributed by atoms with Crippen molar-refractivity contribution in [2.75, 3.05) is 32.8 Å². The molecule has 0 aliphatic carbocycles. The Morgan fingerprint density at radius 3 is 2.00 bits per heavy atom. The Labute approximate surface area is 304 Å². The predicted octanol–water partition coefficient (Wildman–Crippen LogP) is -1.20. The third-order valence-corrected chi connectivity index (χ3v) is 8.57. The molecule has 2 atom stereocenters. The first kappa shape index (κ1) is 40.3. The van der Waals surface area contributed by atoms with Gasteiger partial charge in [0.1, 0.15) is 0 Å². The maximum Gasteiger partial charge on any atom is 0.334 e. The average Bonchev–Trinajstić information content (AvgIpc) is 3.87. The summed E-state index contributed by atoms with van der Waals surface area (Å²) in [5.41, 5.74) is 0.276. The third-order valence-electron chi connectivity index (χ3n) is 8.57. The highest BCUT2D eigenvalue weighted by molar-refractivity contribution is 6.02. The number of aromatic nitrogens is 3. The summed E-state index contributed by atoms with van der Waals surface area (Å²) in [6.07, 6.45) is 3.86. The summed E-state index contributed by atoms with van der Waals surface area (Å²) in [6, 6.07) is 0.0707. The van der Waals surface area contributed by atoms with Gasteiger partial charge in [-0.1, -0.05) is 18.1 Å². The lowest BCUT2D eigenvalue weighted by Crippen LogP contribution is -2.39. The molecule has 21 nitrogen and oxygen atoms in total. The summed E-state index contributed by atoms with van der Waals surface area (Å²) in [5, 5.41) is 17.3. The van der Waals surface area contributed by atoms with Crippen molar-refractivity contribution >= 4 is 53.4 Å². The van der Waals surface area contributed by atoms with Crippen LogP contribution in [-0.2, 0) is 65.7 Å². The molecule has 290 valence electrons. The van der Waals surface area contributed by atoms with Crippen LogP contribution >= 0.6 is 0 Å². The lowest BCUT2D eigenvalue weighted by molar-refractivity contribution is -0.198. The lowest BCUT2D eigenvalue weighted by atomic mass is 10.0. The Hall–Kier alpha value is -5.47. The van der Waals surface area contributed by atoms with E-state index in [4.69, 9.17) is 14.4 Å². The smallest absolute Gasteiger partial charge is 0.334 e. The summed E-state index contributed by atoms with van der Waals surface area (Å²) in [7, 11) is 0. The van der Waals surface area contributed by atoms with Crippen molar-refractivity contribution in [3.8, 4) is 0 Å². The zero-order valence-electron chi connectivity index (χ0n) is 29.5. The van der Waals surface area contributed by atoms with Crippen molar-refractivity contribution < 1.29 is 57.6 Å². The van der Waals surface area contributed by atoms with Gasteiger partial charge in [0.2, 0.25) is 11.8 Å². The summed E-state index contributed by atoms with van der Waals surface area (Å²) < 4.78 is 7.03. The van der Waals surface area contributed by atoms with Gasteiger partial charge in [-0.3, -0.25) is 28.8 Å². The first-order valence-corrected chi connectivity index (χ1v) is 17.6. The van der Waals surface area contributed by atoms with Gasteiger partial charge in [-0.25, -0.2) is 19.1 Å². The number of imide groups is 2. The number of urea groups is 1. The molecular weight excluding hydrogens is 702 g/mol. The van der Waals surface area contributed by atoms with Crippen LogP contribution in [0.2, 0.25) is 0 Å². The van der Waals surface area contributed by atoms with Gasteiger partial charge in [-0.2, -0.15) is 0 Å². The second-order valence-electron chi connectivity index (χ2n) is 12.7. The minimum absolute atomic E-state index is 0.0696. The van der Waals surface area contributed by atoms with E-state index in [-0.39, 0.29) is 88.1 Å². The van der Waals surface area contributed by atoms with E-state index < -0.39 is 54.3 Å². The number of carbonyl (C=O) groups is 9. The van der Waals surface area contributed by atoms with E-state index in [0.29, 0.717) is 29.6 Å². The number of amides is 8. The number of ether oxygens (including phenoxy) is 1. The lowest BCUT2D eigenvalue weighted by Gasteiger charge is -2.22. The first-order valence-electron chi connectivity index (χ1n) is 17.6. The number of hydrogen-bond donors (Lipinski definition) is 3. The molecule has 4 heterocycles. The van der Waals surface area contributed by atoms with Gasteiger partial charge < -0.3 is 35.3 Å². The standard InChI is InChI=1S/C32H45N9O12/c1-21-23(35-32(50)34-21)5-3-2-4-6-24(42)33-13-17-51-18-16-39-20-22(36-37-39)19-29(47)38(14-11-30(48)52-40-25(43)7-8-26(40)44)15-12-31(49)53-41-27(45)9-10-28(41)46/h20-21,23H,2-19H2,1H3,(H,33,42)(H2,34,35,50). The molecule has 2 unspecified atom stereocenters. The number of hydroxylamine groups is 4. The van der Waals surface area contributed by atoms with Gasteiger partial charge in [0.15, 0.2) is 0 Å². The zero-order chi connectivity index (χ0) is 38.3. The fourth-order valence-electron chi connectivity index (χ4n) is 5.62. The van der Waals surface area contributed by atoms with Gasteiger partial charge in [0.05, 0.1) is 50.8 Å². The molecule has 21 heteroatoms. The van der Waals surface area contributed by atoms with Crippen molar-refractivity contribution in [1.82, 2.24) is 46.0 Å². The van der Waals surface area contributed by atoms with Crippen LogP contribution in [0, 0.1) is 0 Å². The van der Waals surface area contributed by atoms with E-state index in [2.05, 4.69) is 26.3 Å². The molecule has 3 fully saturated rings. The van der Waals surface area contributed by atoms with Gasteiger partial charge in [-0.15, -0.1) is 15.2 Å². The Kier molecular flexibility index (Phi) is 15.2. The Morgan fingerprint density at radius 2 is 1.43 bits per heavy atom. The van der Waals surface area contributed by atoms with Crippen molar-refractivity contribution in [1.29, 1.82) is 0 Å². The molecule has 0 spiro atoms. The molecule has 3 N–H and O–H groups in total. The maximum absolute atomic E-state index is 13.2. The predicted molar refractivity (Wildman–Crippen MR) is 176 cm³/mol. The maximum atomic E-state index is 13.2. The highest BCUT2D eigenvalue weighted by atomic mass is 16.7. The summed E-state index contributed by atoms with van der Waals surface area (Å²) in [6.45, 7) is 2.59. The largest absolute Gasteiger partial charge is 0.378 e. The van der Waals surface area contributed by atoms with Gasteiger partial charge >= 0.3 is 18.0 Å². The van der Waals surface area contributed by atoms with Crippen LogP contribution in [0.5, 0.6) is 0 Å². The minimum Gasteiger partial charge on any atom is -0.378 e. The first-order chi connectivity index (χ1) is 25.4. The highest BCUT2D eigenvalue weighted by Crippen LogP contribution is 2.15. The van der Waals surface area contributed by atoms with E-state index in [1.807, 2.05) is 6.92 Å². The Balaban J connectivity index is 1.14. The van der Waals surface area contributed by atoms with E-state index in [1.165, 1.54) is 10.9 Å². The van der Waals surface area contributed by atoms with Crippen molar-refractivity contribution in [3.05, 3.63) is 11.9 Å². The van der Waals surface area contributed by atoms with Gasteiger partial charge in [-0.05, 0) is 19.8 Å². The van der Waals surface area contributed by atoms with Crippen LogP contribution in [-0.4, -0.2) is 128 Å². The molecule has 3 aliphatic rings. The van der Waals surface area contributed by atoms with Crippen LogP contribution in [0.1, 0.15) is 83.2 Å². The van der Waals surface area contributed by atoms with Crippen molar-refractivity contribution in [2.24, 2.45) is 0 Å². The molecule has 4 rings (SSSR count). The van der Waals surface area contributed by atoms with Crippen molar-refractivity contribution in [2.45, 2.75) is 103 Å². The fourth-order valence-corrected chi connectivity index (χ4v) is 5.62. The zero-order valence-corrected chi connectivity index (χ0v) is 29.5. The number of unbranched alkanes of at least 4 members (excludes halogenated alkanes) is 2. The van der Waals surface area contributed by atoms with Crippen LogP contribution in [0.25, 0.3) is 0 Å². The van der Waals surface area contributed by atoms with Gasteiger partial charge in [0, 0.05) is 64.0 Å². The normalized spacial score (nSPS) is 18.3. The summed E-state index contributed by atoms with van der Waals surface area (Å²) in [5.74, 6) is -5.18. The highest BCUT2D eigenvalue weighted by Gasteiger charge is 2.34. The van der Waals surface area contributed by atoms with Crippen LogP contribution in [0.3, 0.4) is 0 Å². The second kappa shape index (κ2) is 20.0. The molecule has 0 aromatic carbocycles. The summed E-state index contributed by atoms with van der Waals surface area (Å²) >= 11 is 0. The molecule has 0 radical (unpaired) electrons. The SMILES string of the molecule is CC1NC(=O)NC1CCCCCC(=O)NCCOCCn1cc(CC(=O)N(CCC(=O)ON2C(=O)CCC2=O)CCC(=O)ON2C(=O)CCC2=O)nn1. The molecule has 1 aromatic heterocycles. The van der Waals surface area contributed by atoms with E-state index in [1.54, 1.807) is 0 Å². The molecule has 8 amide bonds. The van der Waals surface area contributed by atoms with Crippen LogP contribution in [0.15, 0.2) is 6.20 Å². The molecule has 53 heavy (non-hydrogen) atoms. The number of hydrogen-bond acceptors (Lipinski definition) is 14. The van der Waals surface area contributed by atoms with Crippen LogP contribution in [0.4, 0.5) is 4.79 Å². The number of carbonyl (C=O) groups excluding carboxylic acids is 9. The fraction of sp³-hybridized carbons (Fsp3) is 0.656. The van der Waals surface area contributed by atoms with Crippen LogP contribution < -0.4 is 16.0 Å². The Bertz CT molecular complexity index is 1460. The topological polar surface area (TPSA) is 258 Å². The van der Waals surface area contributed by atoms with Crippen molar-refractivity contribution in [3.63, 3.8) is 0 Å². The Morgan fingerprint density at radius 1 is 0.830 bits per heavy atom. The van der Waals surface area contributed by atoms with E-state index in [0.717, 1.165) is 30.6 Å². The molecule has 3 aliphatic heterocycles. The molecular formula is C32H45N9O12. The number of rotatable bonds is 22. The number of nitrogens with one attached hydrogen (secondary N) is 3. The number of nitrogens with zero attached hydrogens (tertiary/aromatic N) is 6. The minimum atomic E-state index is -0.955. The van der Waals surface area contributed by atoms with Gasteiger partial charge in [0.25, 0.3) is 23.6 Å². The molecule has 0 bridgehead atoms. The molecule has 1 aromatic rings. The van der Waals surface area contributed by atoms with E-state index in [9.17, 15) is 43.2 Å². The summed E-state index contributed by atoms with van der Waals surface area (Å²) in [4.78, 5) is 119. The second-order valence-corrected chi connectivity index (χ2v) is 12.7. The quantitative estimate of drug-likeness (QED) is 0.0930. The average molecular weight is 748 g/mol. The molecule has 3 saturated heterocycles. The van der Waals surface area contributed by atoms with E-state index >= 15 is 0 Å². The third kappa shape index (κ3) is 12.9. The monoisotopic (exact) mass is 747 g/mol. The molecule has 0 saturated carbocycles.